The van der Waals surface area contributed by atoms with Gasteiger partial charge in [-0.2, -0.15) is 0 Å². The van der Waals surface area contributed by atoms with Gasteiger partial charge in [-0.1, -0.05) is 6.92 Å². The molecule has 0 radical (unpaired) electrons. The summed E-state index contributed by atoms with van der Waals surface area (Å²) in [6, 6.07) is 0. The van der Waals surface area contributed by atoms with Crippen LogP contribution in [0.25, 0.3) is 0 Å². The average Bonchev–Trinajstić information content (AvgIpc) is 2.29. The second-order valence-corrected chi connectivity index (χ2v) is 6.59. The normalized spacial score (nSPS) is 23.5. The maximum atomic E-state index is 11.3. The van der Waals surface area contributed by atoms with Crippen molar-refractivity contribution >= 4 is 9.84 Å². The molecule has 0 aromatic heterocycles. The van der Waals surface area contributed by atoms with Gasteiger partial charge in [0.2, 0.25) is 0 Å². The topological polar surface area (TPSA) is 72.6 Å². The fourth-order valence-electron chi connectivity index (χ4n) is 1.78. The quantitative estimate of drug-likeness (QED) is 0.686. The highest BCUT2D eigenvalue weighted by Crippen LogP contribution is 2.05. The average molecular weight is 250 g/mol. The van der Waals surface area contributed by atoms with Gasteiger partial charge in [0.15, 0.2) is 0 Å². The van der Waals surface area contributed by atoms with Crippen LogP contribution in [0.2, 0.25) is 0 Å². The molecule has 0 spiro atoms. The summed E-state index contributed by atoms with van der Waals surface area (Å²) in [5, 5.41) is 0. The lowest BCUT2D eigenvalue weighted by molar-refractivity contribution is -0.0228. The maximum absolute atomic E-state index is 11.3. The molecule has 0 aromatic carbocycles. The van der Waals surface area contributed by atoms with Crippen LogP contribution in [0.1, 0.15) is 13.3 Å². The molecular formula is C10H22N2O3S. The minimum absolute atomic E-state index is 0.108. The first-order valence-electron chi connectivity index (χ1n) is 5.82. The number of nitrogens with zero attached hydrogens (tertiary/aromatic N) is 1. The third kappa shape index (κ3) is 4.78. The van der Waals surface area contributed by atoms with Crippen LogP contribution < -0.4 is 5.73 Å². The van der Waals surface area contributed by atoms with E-state index in [1.165, 1.54) is 0 Å². The molecule has 1 unspecified atom stereocenters. The van der Waals surface area contributed by atoms with E-state index in [1.54, 1.807) is 6.92 Å². The van der Waals surface area contributed by atoms with Crippen molar-refractivity contribution in [3.63, 3.8) is 0 Å². The SMILES string of the molecule is CCS(=O)(=O)CCCN1CCOC(CN)C1. The van der Waals surface area contributed by atoms with Crippen molar-refractivity contribution in [2.75, 3.05) is 44.3 Å². The Morgan fingerprint density at radius 1 is 1.50 bits per heavy atom. The molecule has 1 fully saturated rings. The molecule has 1 rings (SSSR count). The Hall–Kier alpha value is -0.170. The maximum Gasteiger partial charge on any atom is 0.150 e. The lowest BCUT2D eigenvalue weighted by Crippen LogP contribution is -2.46. The third-order valence-corrected chi connectivity index (χ3v) is 4.65. The molecule has 6 heteroatoms. The second kappa shape index (κ2) is 6.54. The van der Waals surface area contributed by atoms with Gasteiger partial charge in [0, 0.05) is 25.4 Å². The molecule has 16 heavy (non-hydrogen) atoms. The summed E-state index contributed by atoms with van der Waals surface area (Å²) in [7, 11) is -2.82. The van der Waals surface area contributed by atoms with Crippen molar-refractivity contribution in [2.24, 2.45) is 5.73 Å². The van der Waals surface area contributed by atoms with Crippen LogP contribution in [0.5, 0.6) is 0 Å². The van der Waals surface area contributed by atoms with Crippen molar-refractivity contribution in [2.45, 2.75) is 19.4 Å². The summed E-state index contributed by atoms with van der Waals surface area (Å²) >= 11 is 0. The lowest BCUT2D eigenvalue weighted by Gasteiger charge is -2.32. The Morgan fingerprint density at radius 2 is 2.25 bits per heavy atom. The van der Waals surface area contributed by atoms with E-state index >= 15 is 0 Å². The minimum Gasteiger partial charge on any atom is -0.374 e. The molecule has 5 nitrogen and oxygen atoms in total. The Kier molecular flexibility index (Phi) is 5.68. The van der Waals surface area contributed by atoms with E-state index in [0.29, 0.717) is 19.6 Å². The summed E-state index contributed by atoms with van der Waals surface area (Å²) in [5.74, 6) is 0.523. The molecule has 0 aliphatic carbocycles. The zero-order chi connectivity index (χ0) is 12.0. The van der Waals surface area contributed by atoms with Crippen LogP contribution in [-0.4, -0.2) is 63.7 Å². The number of nitrogens with two attached hydrogens (primary N) is 1. The smallest absolute Gasteiger partial charge is 0.150 e. The summed E-state index contributed by atoms with van der Waals surface area (Å²) in [5.41, 5.74) is 5.54. The fraction of sp³-hybridized carbons (Fsp3) is 1.00. The molecule has 0 amide bonds. The number of ether oxygens (including phenoxy) is 1. The summed E-state index contributed by atoms with van der Waals surface area (Å²) in [6.45, 7) is 5.44. The Balaban J connectivity index is 2.22. The highest BCUT2D eigenvalue weighted by atomic mass is 32.2. The van der Waals surface area contributed by atoms with Gasteiger partial charge < -0.3 is 10.5 Å². The van der Waals surface area contributed by atoms with E-state index in [-0.39, 0.29) is 17.6 Å². The minimum atomic E-state index is -2.82. The largest absolute Gasteiger partial charge is 0.374 e. The van der Waals surface area contributed by atoms with Crippen LogP contribution in [0.3, 0.4) is 0 Å². The molecule has 1 heterocycles. The van der Waals surface area contributed by atoms with Crippen LogP contribution in [-0.2, 0) is 14.6 Å². The third-order valence-electron chi connectivity index (χ3n) is 2.86. The van der Waals surface area contributed by atoms with E-state index < -0.39 is 9.84 Å². The van der Waals surface area contributed by atoms with Gasteiger partial charge in [-0.05, 0) is 13.0 Å². The Morgan fingerprint density at radius 3 is 2.88 bits per heavy atom. The highest BCUT2D eigenvalue weighted by molar-refractivity contribution is 7.91. The molecule has 1 saturated heterocycles. The molecule has 96 valence electrons. The molecule has 0 aromatic rings. The number of rotatable bonds is 6. The van der Waals surface area contributed by atoms with Gasteiger partial charge in [0.1, 0.15) is 9.84 Å². The number of sulfone groups is 1. The van der Waals surface area contributed by atoms with Crippen LogP contribution in [0.15, 0.2) is 0 Å². The second-order valence-electron chi connectivity index (χ2n) is 4.12. The zero-order valence-corrected chi connectivity index (χ0v) is 10.7. The molecule has 0 bridgehead atoms. The number of morpholine rings is 1. The van der Waals surface area contributed by atoms with E-state index in [0.717, 1.165) is 19.6 Å². The van der Waals surface area contributed by atoms with Crippen molar-refractivity contribution in [3.8, 4) is 0 Å². The number of hydrogen-bond donors (Lipinski definition) is 1. The van der Waals surface area contributed by atoms with Crippen molar-refractivity contribution in [3.05, 3.63) is 0 Å². The van der Waals surface area contributed by atoms with Crippen LogP contribution in [0, 0.1) is 0 Å². The van der Waals surface area contributed by atoms with Crippen molar-refractivity contribution < 1.29 is 13.2 Å². The first-order valence-corrected chi connectivity index (χ1v) is 7.64. The molecular weight excluding hydrogens is 228 g/mol. The molecule has 0 saturated carbocycles. The van der Waals surface area contributed by atoms with Crippen LogP contribution in [0.4, 0.5) is 0 Å². The van der Waals surface area contributed by atoms with Crippen molar-refractivity contribution in [1.29, 1.82) is 0 Å². The summed E-state index contributed by atoms with van der Waals surface area (Å²) in [6.07, 6.45) is 0.810. The lowest BCUT2D eigenvalue weighted by atomic mass is 10.2. The predicted octanol–water partition coefficient (Wildman–Crippen LogP) is -0.529. The van der Waals surface area contributed by atoms with Gasteiger partial charge in [0.25, 0.3) is 0 Å². The highest BCUT2D eigenvalue weighted by Gasteiger charge is 2.19. The van der Waals surface area contributed by atoms with Crippen LogP contribution >= 0.6 is 0 Å². The Bertz CT molecular complexity index is 292. The van der Waals surface area contributed by atoms with E-state index in [1.807, 2.05) is 0 Å². The van der Waals surface area contributed by atoms with Gasteiger partial charge in [-0.3, -0.25) is 4.90 Å². The first-order chi connectivity index (χ1) is 7.57. The summed E-state index contributed by atoms with van der Waals surface area (Å²) < 4.78 is 28.0. The predicted molar refractivity (Wildman–Crippen MR) is 64.2 cm³/mol. The van der Waals surface area contributed by atoms with Gasteiger partial charge >= 0.3 is 0 Å². The molecule has 1 atom stereocenters. The molecule has 1 aliphatic heterocycles. The van der Waals surface area contributed by atoms with Crippen molar-refractivity contribution in [1.82, 2.24) is 4.90 Å². The summed E-state index contributed by atoms with van der Waals surface area (Å²) in [4.78, 5) is 2.23. The monoisotopic (exact) mass is 250 g/mol. The van der Waals surface area contributed by atoms with E-state index in [2.05, 4.69) is 4.90 Å². The first kappa shape index (κ1) is 13.9. The fourth-order valence-corrected chi connectivity index (χ4v) is 2.64. The van der Waals surface area contributed by atoms with Gasteiger partial charge in [-0.25, -0.2) is 8.42 Å². The molecule has 1 aliphatic rings. The van der Waals surface area contributed by atoms with E-state index in [4.69, 9.17) is 10.5 Å². The zero-order valence-electron chi connectivity index (χ0n) is 9.89. The van der Waals surface area contributed by atoms with Gasteiger partial charge in [-0.15, -0.1) is 0 Å². The molecule has 2 N–H and O–H groups in total. The van der Waals surface area contributed by atoms with E-state index in [9.17, 15) is 8.42 Å². The standard InChI is InChI=1S/C10H22N2O3S/c1-2-16(13,14)7-3-4-12-5-6-15-10(8-11)9-12/h10H,2-9,11H2,1H3. The Labute approximate surface area is 97.9 Å². The number of hydrogen-bond acceptors (Lipinski definition) is 5. The van der Waals surface area contributed by atoms with Gasteiger partial charge in [0.05, 0.1) is 18.5 Å².